The van der Waals surface area contributed by atoms with E-state index in [1.807, 2.05) is 0 Å². The molecule has 0 aromatic carbocycles. The van der Waals surface area contributed by atoms with E-state index in [9.17, 15) is 0 Å². The number of nitrogens with zero attached hydrogens (tertiary/aromatic N) is 4. The number of pyridine rings is 1. The summed E-state index contributed by atoms with van der Waals surface area (Å²) in [4.78, 5) is 13.6. The van der Waals surface area contributed by atoms with Gasteiger partial charge in [0.1, 0.15) is 5.82 Å². The van der Waals surface area contributed by atoms with E-state index in [0.29, 0.717) is 0 Å². The molecule has 6 heteroatoms. The molecule has 0 saturated carbocycles. The Morgan fingerprint density at radius 1 is 1.35 bits per heavy atom. The van der Waals surface area contributed by atoms with Crippen LogP contribution < -0.4 is 4.90 Å². The molecule has 1 radical (unpaired) electrons. The van der Waals surface area contributed by atoms with Crippen LogP contribution in [0.25, 0.3) is 0 Å². The van der Waals surface area contributed by atoms with Gasteiger partial charge < -0.3 is 4.90 Å². The second-order valence-corrected chi connectivity index (χ2v) is 4.85. The van der Waals surface area contributed by atoms with E-state index in [0.717, 1.165) is 36.4 Å². The van der Waals surface area contributed by atoms with Crippen molar-refractivity contribution < 1.29 is 32.7 Å². The molecule has 0 N–H and O–H groups in total. The zero-order valence-electron chi connectivity index (χ0n) is 10.1. The summed E-state index contributed by atoms with van der Waals surface area (Å²) in [5.74, 6) is 2.17. The van der Waals surface area contributed by atoms with Crippen LogP contribution in [-0.4, -0.2) is 42.2 Å². The van der Waals surface area contributed by atoms with E-state index in [4.69, 9.17) is 4.98 Å². The third kappa shape index (κ3) is 2.25. The van der Waals surface area contributed by atoms with Gasteiger partial charge in [-0.1, -0.05) is 6.07 Å². The molecule has 0 atom stereocenters. The average molecular weight is 323 g/mol. The molecule has 3 rings (SSSR count). The van der Waals surface area contributed by atoms with Gasteiger partial charge in [-0.15, -0.1) is 11.8 Å². The van der Waals surface area contributed by atoms with Crippen LogP contribution in [0.3, 0.4) is 0 Å². The summed E-state index contributed by atoms with van der Waals surface area (Å²) in [6, 6.07) is 4.27. The van der Waals surface area contributed by atoms with Gasteiger partial charge in [0.15, 0.2) is 0 Å². The summed E-state index contributed by atoms with van der Waals surface area (Å²) >= 11 is 1.69. The van der Waals surface area contributed by atoms with Gasteiger partial charge in [0.2, 0.25) is 5.96 Å². The zero-order chi connectivity index (χ0) is 11.1. The molecule has 87 valence electrons. The summed E-state index contributed by atoms with van der Waals surface area (Å²) in [5.41, 5.74) is 1.29. The first-order chi connectivity index (χ1) is 7.79. The van der Waals surface area contributed by atoms with Gasteiger partial charge in [-0.05, 0) is 12.3 Å². The van der Waals surface area contributed by atoms with Crippen molar-refractivity contribution in [3.05, 3.63) is 17.7 Å². The first-order valence-electron chi connectivity index (χ1n) is 5.36. The predicted molar refractivity (Wildman–Crippen MR) is 67.1 cm³/mol. The molecule has 0 unspecified atom stereocenters. The number of aromatic nitrogens is 1. The molecular weight excluding hydrogens is 309 g/mol. The van der Waals surface area contributed by atoms with Crippen molar-refractivity contribution in [3.8, 4) is 0 Å². The van der Waals surface area contributed by atoms with Crippen LogP contribution in [0.5, 0.6) is 0 Å². The van der Waals surface area contributed by atoms with Gasteiger partial charge in [-0.2, -0.15) is 0 Å². The van der Waals surface area contributed by atoms with Crippen LogP contribution in [-0.2, 0) is 39.3 Å². The Hall–Kier alpha value is -0.126. The molecule has 0 aliphatic carbocycles. The van der Waals surface area contributed by atoms with Crippen LogP contribution >= 0.6 is 11.8 Å². The Balaban J connectivity index is 0.00000108. The monoisotopic (exact) mass is 323 g/mol. The van der Waals surface area contributed by atoms with Gasteiger partial charge in [-0.25, -0.2) is 4.98 Å². The van der Waals surface area contributed by atoms with Gasteiger partial charge in [0.05, 0.1) is 11.6 Å². The first kappa shape index (κ1) is 13.3. The molecule has 0 fully saturated rings. The van der Waals surface area contributed by atoms with E-state index in [1.54, 1.807) is 11.8 Å². The minimum absolute atomic E-state index is 0. The molecule has 0 saturated heterocycles. The molecule has 0 bridgehead atoms. The van der Waals surface area contributed by atoms with E-state index in [2.05, 4.69) is 40.2 Å². The molecule has 3 heterocycles. The minimum atomic E-state index is 0. The summed E-state index contributed by atoms with van der Waals surface area (Å²) < 4.78 is 0. The van der Waals surface area contributed by atoms with Crippen molar-refractivity contribution in [3.63, 3.8) is 0 Å². The number of aliphatic imine (C=N–C) groups is 1. The SMILES string of the molecule is CSc1ccc2c(n1)N1CCN=C1N(C)C2.[Y]. The maximum absolute atomic E-state index is 4.69. The Bertz CT molecular complexity index is 463. The van der Waals surface area contributed by atoms with E-state index in [1.165, 1.54) is 5.56 Å². The zero-order valence-corrected chi connectivity index (χ0v) is 13.7. The number of guanidine groups is 1. The van der Waals surface area contributed by atoms with Gasteiger partial charge in [0, 0.05) is 58.4 Å². The number of hydrogen-bond donors (Lipinski definition) is 0. The molecule has 0 spiro atoms. The van der Waals surface area contributed by atoms with E-state index in [-0.39, 0.29) is 32.7 Å². The molecule has 2 aliphatic heterocycles. The van der Waals surface area contributed by atoms with Crippen LogP contribution in [0, 0.1) is 0 Å². The molecule has 0 amide bonds. The largest absolute Gasteiger partial charge is 0.341 e. The standard InChI is InChI=1S/C11H14N4S.Y/c1-14-7-8-3-4-9(16-2)13-10(8)15-6-5-12-11(14)15;/h3-4H,5-7H2,1-2H3;. The molecule has 4 nitrogen and oxygen atoms in total. The molecule has 2 aliphatic rings. The fourth-order valence-electron chi connectivity index (χ4n) is 2.22. The quantitative estimate of drug-likeness (QED) is 0.732. The number of anilines is 1. The Morgan fingerprint density at radius 3 is 2.94 bits per heavy atom. The van der Waals surface area contributed by atoms with Gasteiger partial charge in [0.25, 0.3) is 0 Å². The van der Waals surface area contributed by atoms with E-state index >= 15 is 0 Å². The Labute approximate surface area is 131 Å². The van der Waals surface area contributed by atoms with E-state index < -0.39 is 0 Å². The summed E-state index contributed by atoms with van der Waals surface area (Å²) in [6.07, 6.45) is 2.06. The summed E-state index contributed by atoms with van der Waals surface area (Å²) in [6.45, 7) is 2.74. The molecular formula is C11H14N4SY. The Morgan fingerprint density at radius 2 is 2.18 bits per heavy atom. The van der Waals surface area contributed by atoms with Crippen molar-refractivity contribution in [2.75, 3.05) is 31.3 Å². The van der Waals surface area contributed by atoms with Gasteiger partial charge >= 0.3 is 0 Å². The van der Waals surface area contributed by atoms with Crippen LogP contribution in [0.2, 0.25) is 0 Å². The van der Waals surface area contributed by atoms with Crippen molar-refractivity contribution in [1.29, 1.82) is 0 Å². The normalized spacial score (nSPS) is 17.2. The van der Waals surface area contributed by atoms with Gasteiger partial charge in [-0.3, -0.25) is 9.89 Å². The first-order valence-corrected chi connectivity index (χ1v) is 6.59. The fourth-order valence-corrected chi connectivity index (χ4v) is 2.60. The molecule has 1 aromatic heterocycles. The third-order valence-electron chi connectivity index (χ3n) is 2.96. The summed E-state index contributed by atoms with van der Waals surface area (Å²) in [5, 5.41) is 1.08. The van der Waals surface area contributed by atoms with Crippen molar-refractivity contribution in [1.82, 2.24) is 9.88 Å². The maximum atomic E-state index is 4.69. The topological polar surface area (TPSA) is 31.7 Å². The molecule has 17 heavy (non-hydrogen) atoms. The Kier molecular flexibility index (Phi) is 4.11. The second-order valence-electron chi connectivity index (χ2n) is 4.03. The maximum Gasteiger partial charge on any atom is 0.202 e. The summed E-state index contributed by atoms with van der Waals surface area (Å²) in [7, 11) is 2.09. The number of fused-ring (bicyclic) bond motifs is 3. The van der Waals surface area contributed by atoms with Crippen LogP contribution in [0.4, 0.5) is 5.82 Å². The smallest absolute Gasteiger partial charge is 0.202 e. The average Bonchev–Trinajstić information content (AvgIpc) is 2.78. The number of hydrogen-bond acceptors (Lipinski definition) is 5. The van der Waals surface area contributed by atoms with Crippen molar-refractivity contribution in [2.45, 2.75) is 11.6 Å². The minimum Gasteiger partial charge on any atom is -0.341 e. The molecule has 1 aromatic rings. The fraction of sp³-hybridized carbons (Fsp3) is 0.455. The third-order valence-corrected chi connectivity index (χ3v) is 3.61. The van der Waals surface area contributed by atoms with Crippen molar-refractivity contribution in [2.24, 2.45) is 4.99 Å². The van der Waals surface area contributed by atoms with Crippen LogP contribution in [0.15, 0.2) is 22.2 Å². The number of thioether (sulfide) groups is 1. The number of rotatable bonds is 1. The predicted octanol–water partition coefficient (Wildman–Crippen LogP) is 1.42. The van der Waals surface area contributed by atoms with Crippen molar-refractivity contribution >= 4 is 23.5 Å². The second kappa shape index (κ2) is 5.25. The van der Waals surface area contributed by atoms with Crippen LogP contribution in [0.1, 0.15) is 5.56 Å².